The molecule has 4 rings (SSSR count). The molecule has 0 unspecified atom stereocenters. The molecule has 3 aromatic carbocycles. The lowest BCUT2D eigenvalue weighted by atomic mass is 10.1. The van der Waals surface area contributed by atoms with Crippen molar-refractivity contribution in [1.82, 2.24) is 4.90 Å². The topological polar surface area (TPSA) is 64.7 Å². The van der Waals surface area contributed by atoms with Crippen LogP contribution in [0.2, 0.25) is 0 Å². The summed E-state index contributed by atoms with van der Waals surface area (Å²) in [5.41, 5.74) is 5.96. The maximum atomic E-state index is 12.7. The van der Waals surface area contributed by atoms with Gasteiger partial charge in [0.25, 0.3) is 0 Å². The molecule has 1 saturated heterocycles. The lowest BCUT2D eigenvalue weighted by Gasteiger charge is -2.36. The lowest BCUT2D eigenvalue weighted by molar-refractivity contribution is -0.130. The highest BCUT2D eigenvalue weighted by atomic mass is 16.2. The van der Waals surface area contributed by atoms with Crippen molar-refractivity contribution in [2.24, 2.45) is 0 Å². The Morgan fingerprint density at radius 2 is 1.36 bits per heavy atom. The van der Waals surface area contributed by atoms with Crippen LogP contribution < -0.4 is 15.5 Å². The molecule has 0 atom stereocenters. The molecule has 2 N–H and O–H groups in total. The van der Waals surface area contributed by atoms with Crippen molar-refractivity contribution in [3.8, 4) is 0 Å². The number of urea groups is 1. The van der Waals surface area contributed by atoms with E-state index in [1.54, 1.807) is 0 Å². The van der Waals surface area contributed by atoms with E-state index in [9.17, 15) is 9.59 Å². The SMILES string of the molecule is Cc1ccc(NC(=O)Nc2ccc(N3CCN(C(=O)Cc4cccc(C)c4)CC3)cc2)cc1. The molecule has 1 fully saturated rings. The first-order valence-corrected chi connectivity index (χ1v) is 11.3. The van der Waals surface area contributed by atoms with E-state index in [4.69, 9.17) is 0 Å². The number of nitrogens with one attached hydrogen (secondary N) is 2. The first kappa shape index (κ1) is 22.4. The molecule has 1 heterocycles. The number of hydrogen-bond donors (Lipinski definition) is 2. The molecular formula is C27H30N4O2. The number of aryl methyl sites for hydroxylation is 2. The van der Waals surface area contributed by atoms with Crippen LogP contribution in [0, 0.1) is 13.8 Å². The lowest BCUT2D eigenvalue weighted by Crippen LogP contribution is -2.49. The quantitative estimate of drug-likeness (QED) is 0.594. The largest absolute Gasteiger partial charge is 0.368 e. The van der Waals surface area contributed by atoms with Gasteiger partial charge < -0.3 is 20.4 Å². The number of carbonyl (C=O) groups excluding carboxylic acids is 2. The van der Waals surface area contributed by atoms with Gasteiger partial charge in [0, 0.05) is 43.2 Å². The maximum absolute atomic E-state index is 12.7. The summed E-state index contributed by atoms with van der Waals surface area (Å²) in [5, 5.41) is 5.70. The number of carbonyl (C=O) groups is 2. The minimum absolute atomic E-state index is 0.180. The normalized spacial score (nSPS) is 13.5. The van der Waals surface area contributed by atoms with Gasteiger partial charge in [-0.15, -0.1) is 0 Å². The standard InChI is InChI=1S/C27H30N4O2/c1-20-6-8-23(9-7-20)28-27(33)29-24-10-12-25(13-11-24)30-14-16-31(17-15-30)26(32)19-22-5-3-4-21(2)18-22/h3-13,18H,14-17,19H2,1-2H3,(H2,28,29,33). The number of benzene rings is 3. The van der Waals surface area contributed by atoms with Crippen LogP contribution in [0.4, 0.5) is 21.9 Å². The van der Waals surface area contributed by atoms with E-state index >= 15 is 0 Å². The Morgan fingerprint density at radius 1 is 0.758 bits per heavy atom. The smallest absolute Gasteiger partial charge is 0.323 e. The van der Waals surface area contributed by atoms with Crippen LogP contribution in [0.15, 0.2) is 72.8 Å². The number of amides is 3. The number of piperazine rings is 1. The average Bonchev–Trinajstić information content (AvgIpc) is 2.81. The van der Waals surface area contributed by atoms with Crippen LogP contribution in [0.25, 0.3) is 0 Å². The van der Waals surface area contributed by atoms with Gasteiger partial charge in [-0.1, -0.05) is 47.5 Å². The molecule has 0 bridgehead atoms. The molecule has 33 heavy (non-hydrogen) atoms. The van der Waals surface area contributed by atoms with Crippen LogP contribution in [0.5, 0.6) is 0 Å². The number of nitrogens with zero attached hydrogens (tertiary/aromatic N) is 2. The summed E-state index contributed by atoms with van der Waals surface area (Å²) in [6.07, 6.45) is 0.451. The highest BCUT2D eigenvalue weighted by molar-refractivity contribution is 5.99. The van der Waals surface area contributed by atoms with Crippen LogP contribution in [-0.4, -0.2) is 43.0 Å². The summed E-state index contributed by atoms with van der Waals surface area (Å²) in [7, 11) is 0. The molecule has 3 aromatic rings. The zero-order valence-corrected chi connectivity index (χ0v) is 19.2. The third-order valence-electron chi connectivity index (χ3n) is 5.87. The first-order valence-electron chi connectivity index (χ1n) is 11.3. The summed E-state index contributed by atoms with van der Waals surface area (Å²) in [4.78, 5) is 29.1. The minimum atomic E-state index is -0.271. The minimum Gasteiger partial charge on any atom is -0.368 e. The van der Waals surface area contributed by atoms with E-state index in [0.717, 1.165) is 41.3 Å². The zero-order chi connectivity index (χ0) is 23.2. The van der Waals surface area contributed by atoms with E-state index < -0.39 is 0 Å². The van der Waals surface area contributed by atoms with Gasteiger partial charge in [-0.2, -0.15) is 0 Å². The van der Waals surface area contributed by atoms with Crippen molar-refractivity contribution < 1.29 is 9.59 Å². The van der Waals surface area contributed by atoms with Gasteiger partial charge in [0.2, 0.25) is 5.91 Å². The van der Waals surface area contributed by atoms with Gasteiger partial charge in [0.15, 0.2) is 0 Å². The van der Waals surface area contributed by atoms with Gasteiger partial charge >= 0.3 is 6.03 Å². The zero-order valence-electron chi connectivity index (χ0n) is 19.2. The van der Waals surface area contributed by atoms with E-state index in [-0.39, 0.29) is 11.9 Å². The summed E-state index contributed by atoms with van der Waals surface area (Å²) in [6, 6.07) is 23.4. The van der Waals surface area contributed by atoms with Gasteiger partial charge in [-0.3, -0.25) is 4.79 Å². The summed E-state index contributed by atoms with van der Waals surface area (Å²) in [6.45, 7) is 7.06. The molecule has 6 nitrogen and oxygen atoms in total. The van der Waals surface area contributed by atoms with Gasteiger partial charge in [0.1, 0.15) is 0 Å². The molecule has 0 aliphatic carbocycles. The number of rotatable bonds is 5. The Kier molecular flexibility index (Phi) is 6.93. The second-order valence-corrected chi connectivity index (χ2v) is 8.53. The van der Waals surface area contributed by atoms with E-state index in [1.807, 2.05) is 85.5 Å². The molecule has 6 heteroatoms. The highest BCUT2D eigenvalue weighted by Crippen LogP contribution is 2.20. The van der Waals surface area contributed by atoms with Gasteiger partial charge in [-0.05, 0) is 55.8 Å². The monoisotopic (exact) mass is 442 g/mol. The third kappa shape index (κ3) is 6.13. The van der Waals surface area contributed by atoms with E-state index in [0.29, 0.717) is 19.5 Å². The fourth-order valence-electron chi connectivity index (χ4n) is 4.01. The van der Waals surface area contributed by atoms with Crippen LogP contribution in [-0.2, 0) is 11.2 Å². The summed E-state index contributed by atoms with van der Waals surface area (Å²) >= 11 is 0. The van der Waals surface area contributed by atoms with Crippen molar-refractivity contribution >= 4 is 29.0 Å². The van der Waals surface area contributed by atoms with E-state index in [2.05, 4.69) is 21.6 Å². The van der Waals surface area contributed by atoms with E-state index in [1.165, 1.54) is 5.56 Å². The Hall–Kier alpha value is -3.80. The summed E-state index contributed by atoms with van der Waals surface area (Å²) < 4.78 is 0. The van der Waals surface area contributed by atoms with Crippen LogP contribution >= 0.6 is 0 Å². The summed E-state index contributed by atoms with van der Waals surface area (Å²) in [5.74, 6) is 0.180. The van der Waals surface area contributed by atoms with Crippen molar-refractivity contribution in [1.29, 1.82) is 0 Å². The predicted octanol–water partition coefficient (Wildman–Crippen LogP) is 4.84. The van der Waals surface area contributed by atoms with Crippen molar-refractivity contribution in [3.63, 3.8) is 0 Å². The Morgan fingerprint density at radius 3 is 1.97 bits per heavy atom. The molecule has 1 aliphatic heterocycles. The second kappa shape index (κ2) is 10.2. The molecular weight excluding hydrogens is 412 g/mol. The molecule has 0 aromatic heterocycles. The Balaban J connectivity index is 1.26. The van der Waals surface area contributed by atoms with Crippen molar-refractivity contribution in [3.05, 3.63) is 89.5 Å². The Labute approximate surface area is 195 Å². The average molecular weight is 443 g/mol. The van der Waals surface area contributed by atoms with Crippen molar-refractivity contribution in [2.45, 2.75) is 20.3 Å². The molecule has 0 radical (unpaired) electrons. The molecule has 0 saturated carbocycles. The van der Waals surface area contributed by atoms with Gasteiger partial charge in [0.05, 0.1) is 6.42 Å². The molecule has 170 valence electrons. The molecule has 3 amide bonds. The number of hydrogen-bond acceptors (Lipinski definition) is 3. The fourth-order valence-corrected chi connectivity index (χ4v) is 4.01. The van der Waals surface area contributed by atoms with Gasteiger partial charge in [-0.25, -0.2) is 4.79 Å². The van der Waals surface area contributed by atoms with Crippen molar-refractivity contribution in [2.75, 3.05) is 41.7 Å². The number of anilines is 3. The highest BCUT2D eigenvalue weighted by Gasteiger charge is 2.21. The Bertz CT molecular complexity index is 1100. The van der Waals surface area contributed by atoms with Crippen LogP contribution in [0.1, 0.15) is 16.7 Å². The predicted molar refractivity (Wildman–Crippen MR) is 134 cm³/mol. The first-order chi connectivity index (χ1) is 16.0. The molecule has 1 aliphatic rings. The third-order valence-corrected chi connectivity index (χ3v) is 5.87. The molecule has 0 spiro atoms. The fraction of sp³-hybridized carbons (Fsp3) is 0.259. The maximum Gasteiger partial charge on any atom is 0.323 e. The second-order valence-electron chi connectivity index (χ2n) is 8.53. The van der Waals surface area contributed by atoms with Crippen LogP contribution in [0.3, 0.4) is 0 Å².